The fourth-order valence-electron chi connectivity index (χ4n) is 3.27. The van der Waals surface area contributed by atoms with Gasteiger partial charge in [0.1, 0.15) is 12.4 Å². The molecule has 25 heavy (non-hydrogen) atoms. The van der Waals surface area contributed by atoms with Crippen LogP contribution < -0.4 is 10.5 Å². The first-order valence-electron chi connectivity index (χ1n) is 8.37. The van der Waals surface area contributed by atoms with Crippen LogP contribution in [0.3, 0.4) is 0 Å². The minimum Gasteiger partial charge on any atom is -0.489 e. The van der Waals surface area contributed by atoms with Crippen LogP contribution in [0.4, 0.5) is 0 Å². The average Bonchev–Trinajstić information content (AvgIpc) is 2.47. The van der Waals surface area contributed by atoms with Crippen molar-refractivity contribution in [2.75, 3.05) is 0 Å². The maximum Gasteiger partial charge on any atom is 0.225 e. The molecule has 2 N–H and O–H groups in total. The first-order chi connectivity index (χ1) is 11.6. The second-order valence-corrected chi connectivity index (χ2v) is 8.03. The summed E-state index contributed by atoms with van der Waals surface area (Å²) in [6.45, 7) is 10.5. The van der Waals surface area contributed by atoms with Crippen LogP contribution in [0, 0.1) is 19.3 Å². The van der Waals surface area contributed by atoms with Crippen molar-refractivity contribution in [3.05, 3.63) is 63.7 Å². The molecule has 0 saturated heterocycles. The SMILES string of the molecule is Cc1cc(OCc2cccc(Cl)c2)cc(C)c1C(C(N)=O)C(C)(C)C. The normalized spacial score (nSPS) is 12.7. The Kier molecular flexibility index (Phi) is 5.79. The van der Waals surface area contributed by atoms with Gasteiger partial charge in [-0.1, -0.05) is 44.5 Å². The monoisotopic (exact) mass is 359 g/mol. The number of ether oxygens (including phenoxy) is 1. The highest BCUT2D eigenvalue weighted by Crippen LogP contribution is 2.39. The Morgan fingerprint density at radius 2 is 1.76 bits per heavy atom. The maximum atomic E-state index is 12.1. The second kappa shape index (κ2) is 7.49. The molecule has 2 aromatic carbocycles. The van der Waals surface area contributed by atoms with Crippen LogP contribution in [0.1, 0.15) is 48.9 Å². The Hall–Kier alpha value is -2.00. The molecule has 0 heterocycles. The summed E-state index contributed by atoms with van der Waals surface area (Å²) in [6, 6.07) is 11.5. The summed E-state index contributed by atoms with van der Waals surface area (Å²) in [7, 11) is 0. The van der Waals surface area contributed by atoms with Gasteiger partial charge in [-0.05, 0) is 65.8 Å². The number of carbonyl (C=O) groups is 1. The predicted molar refractivity (Wildman–Crippen MR) is 103 cm³/mol. The molecule has 0 radical (unpaired) electrons. The van der Waals surface area contributed by atoms with E-state index in [1.807, 2.05) is 71.0 Å². The highest BCUT2D eigenvalue weighted by molar-refractivity contribution is 6.30. The van der Waals surface area contributed by atoms with Crippen LogP contribution in [-0.4, -0.2) is 5.91 Å². The molecule has 0 aromatic heterocycles. The number of hydrogen-bond donors (Lipinski definition) is 1. The van der Waals surface area contributed by atoms with Crippen LogP contribution in [0.25, 0.3) is 0 Å². The Morgan fingerprint density at radius 3 is 2.24 bits per heavy atom. The molecule has 0 aliphatic heterocycles. The molecule has 2 aromatic rings. The smallest absolute Gasteiger partial charge is 0.225 e. The predicted octanol–water partition coefficient (Wildman–Crippen LogP) is 5.15. The Labute approximate surface area is 155 Å². The summed E-state index contributed by atoms with van der Waals surface area (Å²) in [5.41, 5.74) is 9.48. The van der Waals surface area contributed by atoms with E-state index in [1.54, 1.807) is 0 Å². The third kappa shape index (κ3) is 4.76. The molecule has 1 unspecified atom stereocenters. The fourth-order valence-corrected chi connectivity index (χ4v) is 3.48. The number of aryl methyl sites for hydroxylation is 2. The van der Waals surface area contributed by atoms with Gasteiger partial charge in [0, 0.05) is 5.02 Å². The first-order valence-corrected chi connectivity index (χ1v) is 8.75. The van der Waals surface area contributed by atoms with E-state index >= 15 is 0 Å². The molecule has 0 aliphatic rings. The van der Waals surface area contributed by atoms with E-state index in [9.17, 15) is 4.79 Å². The van der Waals surface area contributed by atoms with Crippen molar-refractivity contribution in [2.45, 2.75) is 47.1 Å². The highest BCUT2D eigenvalue weighted by atomic mass is 35.5. The molecule has 0 bridgehead atoms. The third-order valence-corrected chi connectivity index (χ3v) is 4.54. The molecule has 3 nitrogen and oxygen atoms in total. The molecule has 1 amide bonds. The van der Waals surface area contributed by atoms with Gasteiger partial charge in [-0.15, -0.1) is 0 Å². The third-order valence-electron chi connectivity index (χ3n) is 4.30. The van der Waals surface area contributed by atoms with Crippen LogP contribution in [0.5, 0.6) is 5.75 Å². The van der Waals surface area contributed by atoms with Gasteiger partial charge in [-0.3, -0.25) is 4.79 Å². The van der Waals surface area contributed by atoms with Gasteiger partial charge >= 0.3 is 0 Å². The molecular weight excluding hydrogens is 334 g/mol. The van der Waals surface area contributed by atoms with Crippen LogP contribution in [0.15, 0.2) is 36.4 Å². The average molecular weight is 360 g/mol. The number of hydrogen-bond acceptors (Lipinski definition) is 2. The summed E-state index contributed by atoms with van der Waals surface area (Å²) in [6.07, 6.45) is 0. The lowest BCUT2D eigenvalue weighted by molar-refractivity contribution is -0.121. The maximum absolute atomic E-state index is 12.1. The number of halogens is 1. The summed E-state index contributed by atoms with van der Waals surface area (Å²) in [4.78, 5) is 12.1. The van der Waals surface area contributed by atoms with Crippen molar-refractivity contribution in [2.24, 2.45) is 11.1 Å². The summed E-state index contributed by atoms with van der Waals surface area (Å²) in [5, 5.41) is 0.693. The zero-order chi connectivity index (χ0) is 18.8. The fraction of sp³-hybridized carbons (Fsp3) is 0.381. The largest absolute Gasteiger partial charge is 0.489 e. The Bertz CT molecular complexity index is 755. The van der Waals surface area contributed by atoms with Crippen molar-refractivity contribution in [3.63, 3.8) is 0 Å². The van der Waals surface area contributed by atoms with Gasteiger partial charge in [0.15, 0.2) is 0 Å². The Balaban J connectivity index is 2.29. The molecule has 0 spiro atoms. The lowest BCUT2D eigenvalue weighted by Gasteiger charge is -2.31. The van der Waals surface area contributed by atoms with Gasteiger partial charge < -0.3 is 10.5 Å². The van der Waals surface area contributed by atoms with Crippen molar-refractivity contribution in [1.82, 2.24) is 0 Å². The second-order valence-electron chi connectivity index (χ2n) is 7.59. The number of primary amides is 1. The van der Waals surface area contributed by atoms with E-state index in [0.29, 0.717) is 11.6 Å². The molecule has 1 atom stereocenters. The molecule has 2 rings (SSSR count). The molecule has 0 aliphatic carbocycles. The minimum atomic E-state index is -0.338. The van der Waals surface area contributed by atoms with E-state index in [-0.39, 0.29) is 17.2 Å². The quantitative estimate of drug-likeness (QED) is 0.802. The minimum absolute atomic E-state index is 0.246. The molecule has 134 valence electrons. The van der Waals surface area contributed by atoms with Crippen LogP contribution >= 0.6 is 11.6 Å². The van der Waals surface area contributed by atoms with Crippen LogP contribution in [0.2, 0.25) is 5.02 Å². The van der Waals surface area contributed by atoms with Gasteiger partial charge in [0.2, 0.25) is 5.91 Å². The lowest BCUT2D eigenvalue weighted by Crippen LogP contribution is -2.33. The van der Waals surface area contributed by atoms with E-state index in [4.69, 9.17) is 22.1 Å². The van der Waals surface area contributed by atoms with Crippen molar-refractivity contribution in [1.29, 1.82) is 0 Å². The van der Waals surface area contributed by atoms with Crippen molar-refractivity contribution in [3.8, 4) is 5.75 Å². The van der Waals surface area contributed by atoms with Gasteiger partial charge in [0.05, 0.1) is 5.92 Å². The zero-order valence-electron chi connectivity index (χ0n) is 15.5. The van der Waals surface area contributed by atoms with Crippen LogP contribution in [-0.2, 0) is 11.4 Å². The van der Waals surface area contributed by atoms with Crippen molar-refractivity contribution >= 4 is 17.5 Å². The van der Waals surface area contributed by atoms with E-state index in [0.717, 1.165) is 28.0 Å². The van der Waals surface area contributed by atoms with Gasteiger partial charge in [-0.2, -0.15) is 0 Å². The summed E-state index contributed by atoms with van der Waals surface area (Å²) >= 11 is 6.01. The zero-order valence-corrected chi connectivity index (χ0v) is 16.3. The molecule has 0 fully saturated rings. The number of carbonyl (C=O) groups excluding carboxylic acids is 1. The highest BCUT2D eigenvalue weighted by Gasteiger charge is 2.33. The lowest BCUT2D eigenvalue weighted by atomic mass is 9.73. The number of nitrogens with two attached hydrogens (primary N) is 1. The van der Waals surface area contributed by atoms with E-state index < -0.39 is 0 Å². The Morgan fingerprint density at radius 1 is 1.16 bits per heavy atom. The summed E-state index contributed by atoms with van der Waals surface area (Å²) in [5.74, 6) is 0.136. The van der Waals surface area contributed by atoms with E-state index in [1.165, 1.54) is 0 Å². The van der Waals surface area contributed by atoms with Gasteiger partial charge in [-0.25, -0.2) is 0 Å². The topological polar surface area (TPSA) is 52.3 Å². The molecule has 4 heteroatoms. The number of benzene rings is 2. The molecular formula is C21H26ClNO2. The standard InChI is InChI=1S/C21H26ClNO2/c1-13-9-17(25-12-15-7-6-8-16(22)11-15)10-14(2)18(13)19(20(23)24)21(3,4)5/h6-11,19H,12H2,1-5H3,(H2,23,24). The van der Waals surface area contributed by atoms with E-state index in [2.05, 4.69) is 0 Å². The number of rotatable bonds is 5. The van der Waals surface area contributed by atoms with Crippen molar-refractivity contribution < 1.29 is 9.53 Å². The number of amides is 1. The summed E-state index contributed by atoms with van der Waals surface area (Å²) < 4.78 is 5.91. The first kappa shape index (κ1) is 19.3. The molecule has 0 saturated carbocycles. The van der Waals surface area contributed by atoms with Gasteiger partial charge in [0.25, 0.3) is 0 Å².